The summed E-state index contributed by atoms with van der Waals surface area (Å²) in [7, 11) is -1.88. The fourth-order valence-corrected chi connectivity index (χ4v) is 6.72. The van der Waals surface area contributed by atoms with Gasteiger partial charge in [-0.3, -0.25) is 4.79 Å². The summed E-state index contributed by atoms with van der Waals surface area (Å²) in [5, 5.41) is 1.76. The van der Waals surface area contributed by atoms with Crippen molar-refractivity contribution in [3.63, 3.8) is 0 Å². The first kappa shape index (κ1) is 19.4. The van der Waals surface area contributed by atoms with Crippen LogP contribution in [0.3, 0.4) is 0 Å². The van der Waals surface area contributed by atoms with Crippen LogP contribution in [-0.4, -0.2) is 45.4 Å². The third-order valence-electron chi connectivity index (χ3n) is 5.49. The number of benzene rings is 1. The van der Waals surface area contributed by atoms with E-state index in [-0.39, 0.29) is 18.4 Å². The Morgan fingerprint density at radius 3 is 2.82 bits per heavy atom. The van der Waals surface area contributed by atoms with Gasteiger partial charge in [-0.1, -0.05) is 6.07 Å². The molecule has 28 heavy (non-hydrogen) atoms. The number of aryl methyl sites for hydroxylation is 1. The van der Waals surface area contributed by atoms with Gasteiger partial charge in [0.2, 0.25) is 5.91 Å². The third kappa shape index (κ3) is 3.56. The first-order valence-electron chi connectivity index (χ1n) is 9.52. The van der Waals surface area contributed by atoms with Crippen molar-refractivity contribution in [2.75, 3.05) is 31.6 Å². The zero-order chi connectivity index (χ0) is 19.7. The fraction of sp³-hybridized carbons (Fsp3) is 0.450. The summed E-state index contributed by atoms with van der Waals surface area (Å²) < 4.78 is 32.8. The number of piperidine rings is 1. The number of rotatable bonds is 4. The Labute approximate surface area is 169 Å². The first-order valence-corrected chi connectivity index (χ1v) is 11.8. The minimum absolute atomic E-state index is 0.0252. The quantitative estimate of drug-likeness (QED) is 0.762. The van der Waals surface area contributed by atoms with Crippen LogP contribution < -0.4 is 9.64 Å². The molecule has 1 atom stereocenters. The summed E-state index contributed by atoms with van der Waals surface area (Å²) in [6, 6.07) is 9.17. The van der Waals surface area contributed by atoms with Crippen LogP contribution in [0, 0.1) is 5.92 Å². The molecule has 2 aliphatic heterocycles. The van der Waals surface area contributed by atoms with E-state index in [0.29, 0.717) is 23.7 Å². The number of fused-ring (bicyclic) bond motifs is 1. The largest absolute Gasteiger partial charge is 0.497 e. The molecule has 8 heteroatoms. The molecule has 1 aromatic carbocycles. The number of carbonyl (C=O) groups excluding carboxylic acids is 1. The lowest BCUT2D eigenvalue weighted by atomic mass is 9.95. The van der Waals surface area contributed by atoms with E-state index >= 15 is 0 Å². The topological polar surface area (TPSA) is 66.9 Å². The number of anilines is 1. The van der Waals surface area contributed by atoms with E-state index in [1.807, 2.05) is 23.1 Å². The molecule has 2 aliphatic rings. The van der Waals surface area contributed by atoms with Gasteiger partial charge >= 0.3 is 0 Å². The zero-order valence-corrected chi connectivity index (χ0v) is 17.5. The Kier molecular flexibility index (Phi) is 5.44. The maximum absolute atomic E-state index is 13.3. The highest BCUT2D eigenvalue weighted by Gasteiger charge is 2.36. The van der Waals surface area contributed by atoms with Crippen LogP contribution in [0.25, 0.3) is 0 Å². The SMILES string of the molecule is COc1ccc2c(c1)CCCN2C(=O)C1CCCN(S(=O)(=O)c2cccs2)C1. The monoisotopic (exact) mass is 420 g/mol. The Balaban J connectivity index is 1.55. The average molecular weight is 421 g/mol. The van der Waals surface area contributed by atoms with E-state index in [1.54, 1.807) is 24.6 Å². The Morgan fingerprint density at radius 1 is 1.21 bits per heavy atom. The van der Waals surface area contributed by atoms with Gasteiger partial charge < -0.3 is 9.64 Å². The lowest BCUT2D eigenvalue weighted by molar-refractivity contribution is -0.123. The smallest absolute Gasteiger partial charge is 0.252 e. The second-order valence-electron chi connectivity index (χ2n) is 7.22. The summed E-state index contributed by atoms with van der Waals surface area (Å²) in [5.74, 6) is 0.507. The summed E-state index contributed by atoms with van der Waals surface area (Å²) >= 11 is 1.22. The van der Waals surface area contributed by atoms with E-state index in [4.69, 9.17) is 4.74 Å². The van der Waals surface area contributed by atoms with Gasteiger partial charge in [0.1, 0.15) is 9.96 Å². The number of amides is 1. The number of hydrogen-bond donors (Lipinski definition) is 0. The van der Waals surface area contributed by atoms with Crippen LogP contribution in [-0.2, 0) is 21.2 Å². The number of sulfonamides is 1. The number of methoxy groups -OCH3 is 1. The molecule has 0 radical (unpaired) electrons. The highest BCUT2D eigenvalue weighted by molar-refractivity contribution is 7.91. The zero-order valence-electron chi connectivity index (χ0n) is 15.8. The normalized spacial score (nSPS) is 20.6. The van der Waals surface area contributed by atoms with Gasteiger partial charge in [-0.25, -0.2) is 8.42 Å². The number of carbonyl (C=O) groups is 1. The summed E-state index contributed by atoms with van der Waals surface area (Å²) in [5.41, 5.74) is 2.04. The second-order valence-corrected chi connectivity index (χ2v) is 10.3. The number of thiophene rings is 1. The fourth-order valence-electron chi connectivity index (χ4n) is 4.05. The Hall–Kier alpha value is -1.90. The minimum Gasteiger partial charge on any atom is -0.497 e. The van der Waals surface area contributed by atoms with Crippen LogP contribution in [0.1, 0.15) is 24.8 Å². The van der Waals surface area contributed by atoms with Gasteiger partial charge in [0.05, 0.1) is 13.0 Å². The van der Waals surface area contributed by atoms with Crippen molar-refractivity contribution in [2.45, 2.75) is 29.9 Å². The number of ether oxygens (including phenoxy) is 1. The van der Waals surface area contributed by atoms with Crippen LogP contribution in [0.2, 0.25) is 0 Å². The Bertz CT molecular complexity index is 957. The van der Waals surface area contributed by atoms with E-state index < -0.39 is 10.0 Å². The van der Waals surface area contributed by atoms with Crippen molar-refractivity contribution in [1.29, 1.82) is 0 Å². The van der Waals surface area contributed by atoms with Gasteiger partial charge in [-0.15, -0.1) is 11.3 Å². The van der Waals surface area contributed by atoms with Gasteiger partial charge in [0, 0.05) is 25.3 Å². The highest BCUT2D eigenvalue weighted by Crippen LogP contribution is 2.33. The maximum atomic E-state index is 13.3. The number of nitrogens with zero attached hydrogens (tertiary/aromatic N) is 2. The van der Waals surface area contributed by atoms with Crippen molar-refractivity contribution in [1.82, 2.24) is 4.31 Å². The summed E-state index contributed by atoms with van der Waals surface area (Å²) in [4.78, 5) is 15.1. The van der Waals surface area contributed by atoms with E-state index in [0.717, 1.165) is 36.3 Å². The maximum Gasteiger partial charge on any atom is 0.252 e. The lowest BCUT2D eigenvalue weighted by Gasteiger charge is -2.36. The molecule has 0 bridgehead atoms. The minimum atomic E-state index is -3.52. The number of hydrogen-bond acceptors (Lipinski definition) is 5. The van der Waals surface area contributed by atoms with Crippen molar-refractivity contribution in [2.24, 2.45) is 5.92 Å². The molecule has 150 valence electrons. The van der Waals surface area contributed by atoms with Crippen molar-refractivity contribution >= 4 is 33.0 Å². The molecule has 1 saturated heterocycles. The molecule has 1 amide bonds. The van der Waals surface area contributed by atoms with Crippen LogP contribution >= 0.6 is 11.3 Å². The molecule has 4 rings (SSSR count). The average Bonchev–Trinajstić information content (AvgIpc) is 3.28. The van der Waals surface area contributed by atoms with Crippen molar-refractivity contribution in [3.05, 3.63) is 41.3 Å². The van der Waals surface area contributed by atoms with Crippen LogP contribution in [0.15, 0.2) is 39.9 Å². The molecular formula is C20H24N2O4S2. The molecule has 0 N–H and O–H groups in total. The van der Waals surface area contributed by atoms with Crippen molar-refractivity contribution in [3.8, 4) is 5.75 Å². The molecule has 1 fully saturated rings. The predicted molar refractivity (Wildman–Crippen MR) is 109 cm³/mol. The molecule has 3 heterocycles. The molecule has 6 nitrogen and oxygen atoms in total. The van der Waals surface area contributed by atoms with Gasteiger partial charge in [0.15, 0.2) is 0 Å². The molecule has 2 aromatic rings. The van der Waals surface area contributed by atoms with E-state index in [1.165, 1.54) is 15.6 Å². The van der Waals surface area contributed by atoms with Gasteiger partial charge in [0.25, 0.3) is 10.0 Å². The second kappa shape index (κ2) is 7.85. The standard InChI is InChI=1S/C20H24N2O4S2/c1-26-17-8-9-18-15(13-17)5-3-11-22(18)20(23)16-6-2-10-21(14-16)28(24,25)19-7-4-12-27-19/h4,7-9,12-13,16H,2-3,5-6,10-11,14H2,1H3. The summed E-state index contributed by atoms with van der Waals surface area (Å²) in [6.07, 6.45) is 3.23. The first-order chi connectivity index (χ1) is 13.5. The molecular weight excluding hydrogens is 396 g/mol. The van der Waals surface area contributed by atoms with E-state index in [9.17, 15) is 13.2 Å². The van der Waals surface area contributed by atoms with Gasteiger partial charge in [-0.2, -0.15) is 4.31 Å². The van der Waals surface area contributed by atoms with Crippen LogP contribution in [0.4, 0.5) is 5.69 Å². The van der Waals surface area contributed by atoms with Crippen molar-refractivity contribution < 1.29 is 17.9 Å². The predicted octanol–water partition coefficient (Wildman–Crippen LogP) is 3.14. The lowest BCUT2D eigenvalue weighted by Crippen LogP contribution is -2.47. The molecule has 1 aromatic heterocycles. The summed E-state index contributed by atoms with van der Waals surface area (Å²) in [6.45, 7) is 1.39. The Morgan fingerprint density at radius 2 is 2.07 bits per heavy atom. The molecule has 1 unspecified atom stereocenters. The van der Waals surface area contributed by atoms with E-state index in [2.05, 4.69) is 0 Å². The van der Waals surface area contributed by atoms with Gasteiger partial charge in [-0.05, 0) is 60.9 Å². The van der Waals surface area contributed by atoms with Crippen LogP contribution in [0.5, 0.6) is 5.75 Å². The molecule has 0 saturated carbocycles. The highest BCUT2D eigenvalue weighted by atomic mass is 32.2. The third-order valence-corrected chi connectivity index (χ3v) is 8.73. The molecule has 0 spiro atoms. The molecule has 0 aliphatic carbocycles.